The molecule has 0 aliphatic carbocycles. The van der Waals surface area contributed by atoms with Crippen molar-refractivity contribution in [3.8, 4) is 0 Å². The number of halogens is 1. The van der Waals surface area contributed by atoms with E-state index >= 15 is 0 Å². The Balaban J connectivity index is 2.03. The first-order valence-electron chi connectivity index (χ1n) is 4.46. The summed E-state index contributed by atoms with van der Waals surface area (Å²) in [4.78, 5) is 12.8. The molecule has 1 aliphatic rings. The van der Waals surface area contributed by atoms with Crippen LogP contribution in [0.25, 0.3) is 0 Å². The Morgan fingerprint density at radius 1 is 1.36 bits per heavy atom. The van der Waals surface area contributed by atoms with Gasteiger partial charge in [0.1, 0.15) is 5.82 Å². The second-order valence-electron chi connectivity index (χ2n) is 3.21. The molecule has 3 nitrogen and oxygen atoms in total. The van der Waals surface area contributed by atoms with Crippen LogP contribution in [0.1, 0.15) is 5.56 Å². The van der Waals surface area contributed by atoms with Gasteiger partial charge in [-0.25, -0.2) is 14.5 Å². The van der Waals surface area contributed by atoms with Crippen LogP contribution in [0.2, 0.25) is 0 Å². The molecule has 1 fully saturated rings. The highest BCUT2D eigenvalue weighted by Gasteiger charge is 2.20. The van der Waals surface area contributed by atoms with Crippen molar-refractivity contribution in [2.45, 2.75) is 6.54 Å². The number of benzene rings is 1. The zero-order valence-corrected chi connectivity index (χ0v) is 7.61. The van der Waals surface area contributed by atoms with Crippen LogP contribution in [-0.4, -0.2) is 24.0 Å². The van der Waals surface area contributed by atoms with Crippen LogP contribution in [0, 0.1) is 5.82 Å². The van der Waals surface area contributed by atoms with Crippen molar-refractivity contribution in [3.05, 3.63) is 35.6 Å². The fourth-order valence-corrected chi connectivity index (χ4v) is 1.42. The zero-order valence-electron chi connectivity index (χ0n) is 7.61. The van der Waals surface area contributed by atoms with E-state index in [1.165, 1.54) is 12.1 Å². The summed E-state index contributed by atoms with van der Waals surface area (Å²) in [6.45, 7) is 1.75. The summed E-state index contributed by atoms with van der Waals surface area (Å²) in [5.41, 5.74) is 0.928. The van der Waals surface area contributed by atoms with Gasteiger partial charge in [0.15, 0.2) is 0 Å². The molecule has 1 radical (unpaired) electrons. The topological polar surface area (TPSA) is 34.4 Å². The summed E-state index contributed by atoms with van der Waals surface area (Å²) in [5.74, 6) is -0.258. The summed E-state index contributed by atoms with van der Waals surface area (Å²) >= 11 is 0. The summed E-state index contributed by atoms with van der Waals surface area (Å²) < 4.78 is 12.6. The van der Waals surface area contributed by atoms with Crippen LogP contribution in [-0.2, 0) is 6.54 Å². The predicted octanol–water partition coefficient (Wildman–Crippen LogP) is 1.37. The van der Waals surface area contributed by atoms with Crippen molar-refractivity contribution in [2.24, 2.45) is 0 Å². The quantitative estimate of drug-likeness (QED) is 0.698. The highest BCUT2D eigenvalue weighted by molar-refractivity contribution is 5.75. The highest BCUT2D eigenvalue weighted by atomic mass is 19.1. The Labute approximate surface area is 81.5 Å². The number of carbonyl (C=O) groups excluding carboxylic acids is 1. The second kappa shape index (κ2) is 3.65. The number of carbonyl (C=O) groups is 1. The molecule has 1 aromatic carbocycles. The van der Waals surface area contributed by atoms with E-state index in [2.05, 4.69) is 5.32 Å². The van der Waals surface area contributed by atoms with E-state index in [9.17, 15) is 9.18 Å². The van der Waals surface area contributed by atoms with Gasteiger partial charge in [-0.1, -0.05) is 12.1 Å². The summed E-state index contributed by atoms with van der Waals surface area (Å²) in [6.07, 6.45) is 0. The molecule has 0 bridgehead atoms. The van der Waals surface area contributed by atoms with Gasteiger partial charge in [0.05, 0.1) is 6.54 Å². The number of urea groups is 1. The maximum atomic E-state index is 12.6. The van der Waals surface area contributed by atoms with Gasteiger partial charge in [-0.05, 0) is 17.7 Å². The van der Waals surface area contributed by atoms with E-state index in [1.807, 2.05) is 0 Å². The molecule has 0 aromatic heterocycles. The lowest BCUT2D eigenvalue weighted by Gasteiger charge is -2.12. The van der Waals surface area contributed by atoms with Gasteiger partial charge in [-0.15, -0.1) is 0 Å². The largest absolute Gasteiger partial charge is 0.339 e. The second-order valence-corrected chi connectivity index (χ2v) is 3.21. The van der Waals surface area contributed by atoms with Crippen LogP contribution in [0.15, 0.2) is 24.3 Å². The minimum absolute atomic E-state index is 0.172. The SMILES string of the molecule is O=C1[N]CCN1Cc1ccc(F)cc1. The third kappa shape index (κ3) is 1.84. The molecule has 0 unspecified atom stereocenters. The van der Waals surface area contributed by atoms with E-state index < -0.39 is 0 Å². The number of hydrogen-bond donors (Lipinski definition) is 0. The molecular weight excluding hydrogens is 183 g/mol. The lowest BCUT2D eigenvalue weighted by Crippen LogP contribution is -2.25. The Morgan fingerprint density at radius 3 is 2.64 bits per heavy atom. The van der Waals surface area contributed by atoms with Gasteiger partial charge in [0, 0.05) is 13.1 Å². The molecule has 2 amide bonds. The zero-order chi connectivity index (χ0) is 9.97. The van der Waals surface area contributed by atoms with E-state index in [-0.39, 0.29) is 11.8 Å². The minimum Gasteiger partial charge on any atom is -0.317 e. The van der Waals surface area contributed by atoms with Crippen molar-refractivity contribution < 1.29 is 9.18 Å². The van der Waals surface area contributed by atoms with Gasteiger partial charge in [0.25, 0.3) is 0 Å². The summed E-state index contributed by atoms with van der Waals surface area (Å²) in [5, 5.41) is 3.74. The third-order valence-corrected chi connectivity index (χ3v) is 2.17. The Kier molecular flexibility index (Phi) is 2.35. The van der Waals surface area contributed by atoms with Crippen molar-refractivity contribution in [1.82, 2.24) is 10.2 Å². The van der Waals surface area contributed by atoms with Crippen molar-refractivity contribution in [2.75, 3.05) is 13.1 Å². The molecule has 1 heterocycles. The molecule has 2 rings (SSSR count). The average molecular weight is 193 g/mol. The van der Waals surface area contributed by atoms with E-state index in [0.29, 0.717) is 19.6 Å². The monoisotopic (exact) mass is 193 g/mol. The molecule has 0 saturated carbocycles. The third-order valence-electron chi connectivity index (χ3n) is 2.17. The summed E-state index contributed by atoms with van der Waals surface area (Å²) in [7, 11) is 0. The van der Waals surface area contributed by atoms with Crippen LogP contribution in [0.4, 0.5) is 9.18 Å². The van der Waals surface area contributed by atoms with Crippen LogP contribution >= 0.6 is 0 Å². The van der Waals surface area contributed by atoms with E-state index in [4.69, 9.17) is 0 Å². The number of amides is 2. The van der Waals surface area contributed by atoms with Gasteiger partial charge < -0.3 is 4.90 Å². The first-order valence-corrected chi connectivity index (χ1v) is 4.46. The smallest absolute Gasteiger partial charge is 0.317 e. The van der Waals surface area contributed by atoms with E-state index in [1.54, 1.807) is 17.0 Å². The summed E-state index contributed by atoms with van der Waals surface area (Å²) in [6, 6.07) is 5.98. The predicted molar refractivity (Wildman–Crippen MR) is 49.2 cm³/mol. The lowest BCUT2D eigenvalue weighted by atomic mass is 10.2. The maximum absolute atomic E-state index is 12.6. The number of rotatable bonds is 2. The van der Waals surface area contributed by atoms with Gasteiger partial charge >= 0.3 is 6.03 Å². The van der Waals surface area contributed by atoms with Crippen molar-refractivity contribution >= 4 is 6.03 Å². The lowest BCUT2D eigenvalue weighted by molar-refractivity contribution is 0.215. The van der Waals surface area contributed by atoms with Gasteiger partial charge in [-0.2, -0.15) is 0 Å². The van der Waals surface area contributed by atoms with Crippen LogP contribution in [0.3, 0.4) is 0 Å². The Hall–Kier alpha value is -1.58. The normalized spacial score (nSPS) is 15.8. The molecule has 1 saturated heterocycles. The minimum atomic E-state index is -0.258. The van der Waals surface area contributed by atoms with Gasteiger partial charge in [-0.3, -0.25) is 0 Å². The molecule has 73 valence electrons. The average Bonchev–Trinajstić information content (AvgIpc) is 2.56. The molecule has 0 N–H and O–H groups in total. The fraction of sp³-hybridized carbons (Fsp3) is 0.300. The van der Waals surface area contributed by atoms with Crippen LogP contribution in [0.5, 0.6) is 0 Å². The fourth-order valence-electron chi connectivity index (χ4n) is 1.42. The van der Waals surface area contributed by atoms with E-state index in [0.717, 1.165) is 5.56 Å². The van der Waals surface area contributed by atoms with Crippen LogP contribution < -0.4 is 5.32 Å². The maximum Gasteiger partial charge on any atom is 0.339 e. The molecule has 14 heavy (non-hydrogen) atoms. The molecule has 4 heteroatoms. The van der Waals surface area contributed by atoms with Crippen molar-refractivity contribution in [3.63, 3.8) is 0 Å². The first kappa shape index (κ1) is 8.99. The molecular formula is C10H10FN2O. The van der Waals surface area contributed by atoms with Crippen molar-refractivity contribution in [1.29, 1.82) is 0 Å². The Bertz CT molecular complexity index is 336. The molecule has 0 atom stereocenters. The first-order chi connectivity index (χ1) is 6.75. The van der Waals surface area contributed by atoms with Gasteiger partial charge in [0.2, 0.25) is 0 Å². The standard InChI is InChI=1S/C10H10FN2O/c11-9-3-1-8(2-4-9)7-13-6-5-12-10(13)14/h1-4H,5-7H2. The number of hydrogen-bond acceptors (Lipinski definition) is 1. The highest BCUT2D eigenvalue weighted by Crippen LogP contribution is 2.08. The molecule has 1 aliphatic heterocycles. The Morgan fingerprint density at radius 2 is 2.07 bits per heavy atom. The molecule has 0 spiro atoms. The molecule has 1 aromatic rings. The number of nitrogens with zero attached hydrogens (tertiary/aromatic N) is 2.